The van der Waals surface area contributed by atoms with E-state index < -0.39 is 4.92 Å². The molecular weight excluding hydrogens is 170 g/mol. The largest absolute Gasteiger partial charge is 0.275 e. The van der Waals surface area contributed by atoms with Crippen molar-refractivity contribution >= 4 is 5.69 Å². The number of pyridine rings is 1. The summed E-state index contributed by atoms with van der Waals surface area (Å²) in [7, 11) is 0. The monoisotopic (exact) mass is 177 g/mol. The Kier molecular flexibility index (Phi) is 2.55. The number of aromatic nitrogens is 1. The van der Waals surface area contributed by atoms with Crippen LogP contribution in [0.1, 0.15) is 11.3 Å². The van der Waals surface area contributed by atoms with Crippen LogP contribution in [0.5, 0.6) is 0 Å². The smallest absolute Gasteiger partial charge is 0.259 e. The predicted octanol–water partition coefficient (Wildman–Crippen LogP) is 1.36. The van der Waals surface area contributed by atoms with E-state index in [4.69, 9.17) is 5.26 Å². The summed E-state index contributed by atoms with van der Waals surface area (Å²) < 4.78 is 0. The Morgan fingerprint density at radius 1 is 1.77 bits per heavy atom. The van der Waals surface area contributed by atoms with Crippen molar-refractivity contribution in [2.75, 3.05) is 0 Å². The zero-order valence-corrected chi connectivity index (χ0v) is 7.02. The third-order valence-electron chi connectivity index (χ3n) is 1.59. The Hall–Kier alpha value is -1.96. The Balaban J connectivity index is 3.13. The first-order valence-corrected chi connectivity index (χ1v) is 3.62. The molecule has 5 heteroatoms. The molecule has 5 nitrogen and oxygen atoms in total. The van der Waals surface area contributed by atoms with Gasteiger partial charge in [0.1, 0.15) is 0 Å². The lowest BCUT2D eigenvalue weighted by atomic mass is 10.2. The number of hydrogen-bond donors (Lipinski definition) is 0. The lowest BCUT2D eigenvalue weighted by Gasteiger charge is -1.97. The SMILES string of the molecule is Cc1cnc(CC#N)cc1[N+](=O)[O-]. The summed E-state index contributed by atoms with van der Waals surface area (Å²) in [5.74, 6) is 0. The predicted molar refractivity (Wildman–Crippen MR) is 44.9 cm³/mol. The average Bonchev–Trinajstić information content (AvgIpc) is 2.08. The summed E-state index contributed by atoms with van der Waals surface area (Å²) in [6.07, 6.45) is 1.51. The van der Waals surface area contributed by atoms with Gasteiger partial charge < -0.3 is 0 Å². The number of nitrogens with zero attached hydrogens (tertiary/aromatic N) is 3. The molecule has 0 aliphatic rings. The van der Waals surface area contributed by atoms with Crippen LogP contribution >= 0.6 is 0 Å². The first kappa shape index (κ1) is 9.13. The molecule has 0 aromatic carbocycles. The molecule has 0 radical (unpaired) electrons. The highest BCUT2D eigenvalue weighted by molar-refractivity contribution is 5.39. The topological polar surface area (TPSA) is 79.8 Å². The summed E-state index contributed by atoms with van der Waals surface area (Å²) in [6, 6.07) is 3.22. The highest BCUT2D eigenvalue weighted by atomic mass is 16.6. The average molecular weight is 177 g/mol. The second kappa shape index (κ2) is 3.63. The molecule has 0 unspecified atom stereocenters. The van der Waals surface area contributed by atoms with Gasteiger partial charge in [0.2, 0.25) is 0 Å². The molecule has 0 bridgehead atoms. The minimum atomic E-state index is -0.474. The first-order valence-electron chi connectivity index (χ1n) is 3.62. The fraction of sp³-hybridized carbons (Fsp3) is 0.250. The van der Waals surface area contributed by atoms with Gasteiger partial charge in [-0.3, -0.25) is 15.1 Å². The van der Waals surface area contributed by atoms with Crippen molar-refractivity contribution in [2.24, 2.45) is 0 Å². The minimum Gasteiger partial charge on any atom is -0.259 e. The van der Waals surface area contributed by atoms with Crippen LogP contribution in [0.15, 0.2) is 12.3 Å². The number of aryl methyl sites for hydroxylation is 1. The van der Waals surface area contributed by atoms with Gasteiger partial charge in [-0.15, -0.1) is 0 Å². The van der Waals surface area contributed by atoms with Gasteiger partial charge in [-0.2, -0.15) is 5.26 Å². The molecule has 0 fully saturated rings. The van der Waals surface area contributed by atoms with Gasteiger partial charge in [0, 0.05) is 17.8 Å². The Morgan fingerprint density at radius 2 is 2.46 bits per heavy atom. The maximum atomic E-state index is 10.5. The van der Waals surface area contributed by atoms with E-state index in [9.17, 15) is 10.1 Å². The molecule has 1 heterocycles. The summed E-state index contributed by atoms with van der Waals surface area (Å²) >= 11 is 0. The van der Waals surface area contributed by atoms with Crippen molar-refractivity contribution < 1.29 is 4.92 Å². The van der Waals surface area contributed by atoms with Crippen LogP contribution in [0.25, 0.3) is 0 Å². The normalized spacial score (nSPS) is 9.23. The molecule has 0 aliphatic carbocycles. The van der Waals surface area contributed by atoms with Crippen molar-refractivity contribution in [3.8, 4) is 6.07 Å². The Morgan fingerprint density at radius 3 is 3.00 bits per heavy atom. The standard InChI is InChI=1S/C8H7N3O2/c1-6-5-10-7(2-3-9)4-8(6)11(12)13/h4-5H,2H2,1H3. The highest BCUT2D eigenvalue weighted by Gasteiger charge is 2.11. The molecule has 0 amide bonds. The molecule has 66 valence electrons. The number of rotatable bonds is 2. The lowest BCUT2D eigenvalue weighted by Crippen LogP contribution is -1.96. The van der Waals surface area contributed by atoms with Crippen molar-refractivity contribution in [3.05, 3.63) is 33.6 Å². The van der Waals surface area contributed by atoms with E-state index in [2.05, 4.69) is 4.98 Å². The van der Waals surface area contributed by atoms with Gasteiger partial charge in [-0.05, 0) is 6.92 Å². The Labute approximate surface area is 74.8 Å². The zero-order chi connectivity index (χ0) is 9.84. The fourth-order valence-electron chi connectivity index (χ4n) is 0.929. The molecule has 0 saturated heterocycles. The van der Waals surface area contributed by atoms with E-state index in [-0.39, 0.29) is 12.1 Å². The van der Waals surface area contributed by atoms with Crippen LogP contribution in [0.3, 0.4) is 0 Å². The van der Waals surface area contributed by atoms with Crippen LogP contribution in [-0.2, 0) is 6.42 Å². The second-order valence-electron chi connectivity index (χ2n) is 2.55. The molecule has 1 aromatic rings. The molecule has 13 heavy (non-hydrogen) atoms. The van der Waals surface area contributed by atoms with Crippen molar-refractivity contribution in [1.82, 2.24) is 4.98 Å². The maximum absolute atomic E-state index is 10.5. The van der Waals surface area contributed by atoms with Crippen LogP contribution < -0.4 is 0 Å². The first-order chi connectivity index (χ1) is 6.15. The van der Waals surface area contributed by atoms with Crippen LogP contribution in [-0.4, -0.2) is 9.91 Å². The van der Waals surface area contributed by atoms with E-state index in [0.29, 0.717) is 11.3 Å². The van der Waals surface area contributed by atoms with Gasteiger partial charge in [0.15, 0.2) is 0 Å². The number of nitriles is 1. The van der Waals surface area contributed by atoms with Gasteiger partial charge in [0.05, 0.1) is 23.1 Å². The number of nitro groups is 1. The summed E-state index contributed by atoms with van der Waals surface area (Å²) in [5, 5.41) is 18.8. The van der Waals surface area contributed by atoms with E-state index in [0.717, 1.165) is 0 Å². The highest BCUT2D eigenvalue weighted by Crippen LogP contribution is 2.17. The molecular formula is C8H7N3O2. The summed E-state index contributed by atoms with van der Waals surface area (Å²) in [6.45, 7) is 1.61. The van der Waals surface area contributed by atoms with Crippen molar-refractivity contribution in [1.29, 1.82) is 5.26 Å². The van der Waals surface area contributed by atoms with Crippen LogP contribution in [0.2, 0.25) is 0 Å². The lowest BCUT2D eigenvalue weighted by molar-refractivity contribution is -0.385. The van der Waals surface area contributed by atoms with Crippen LogP contribution in [0, 0.1) is 28.4 Å². The minimum absolute atomic E-state index is 0.0141. The van der Waals surface area contributed by atoms with E-state index >= 15 is 0 Å². The zero-order valence-electron chi connectivity index (χ0n) is 7.02. The summed E-state index contributed by atoms with van der Waals surface area (Å²) in [4.78, 5) is 13.9. The number of hydrogen-bond acceptors (Lipinski definition) is 4. The molecule has 0 aliphatic heterocycles. The molecule has 1 aromatic heterocycles. The van der Waals surface area contributed by atoms with Gasteiger partial charge in [0.25, 0.3) is 5.69 Å². The molecule has 0 atom stereocenters. The van der Waals surface area contributed by atoms with Crippen LogP contribution in [0.4, 0.5) is 5.69 Å². The summed E-state index contributed by atoms with van der Waals surface area (Å²) in [5.41, 5.74) is 0.951. The third kappa shape index (κ3) is 1.99. The van der Waals surface area contributed by atoms with Gasteiger partial charge in [-0.25, -0.2) is 0 Å². The van der Waals surface area contributed by atoms with Gasteiger partial charge >= 0.3 is 0 Å². The fourth-order valence-corrected chi connectivity index (χ4v) is 0.929. The van der Waals surface area contributed by atoms with E-state index in [1.54, 1.807) is 6.92 Å². The molecule has 0 spiro atoms. The molecule has 0 saturated carbocycles. The molecule has 0 N–H and O–H groups in total. The second-order valence-corrected chi connectivity index (χ2v) is 2.55. The maximum Gasteiger partial charge on any atom is 0.275 e. The third-order valence-corrected chi connectivity index (χ3v) is 1.59. The van der Waals surface area contributed by atoms with E-state index in [1.807, 2.05) is 6.07 Å². The quantitative estimate of drug-likeness (QED) is 0.504. The van der Waals surface area contributed by atoms with Crippen molar-refractivity contribution in [2.45, 2.75) is 13.3 Å². The van der Waals surface area contributed by atoms with E-state index in [1.165, 1.54) is 12.3 Å². The molecule has 1 rings (SSSR count). The Bertz CT molecular complexity index is 381. The van der Waals surface area contributed by atoms with Crippen molar-refractivity contribution in [3.63, 3.8) is 0 Å². The van der Waals surface area contributed by atoms with Gasteiger partial charge in [-0.1, -0.05) is 0 Å².